The molecule has 3 rings (SSSR count). The molecule has 0 amide bonds. The first-order valence-corrected chi connectivity index (χ1v) is 6.99. The largest absolute Gasteiger partial charge is 0.369 e. The normalized spacial score (nSPS) is 15.8. The van der Waals surface area contributed by atoms with Crippen molar-refractivity contribution in [3.8, 4) is 0 Å². The molecule has 1 aliphatic heterocycles. The highest BCUT2D eigenvalue weighted by Crippen LogP contribution is 2.32. The molecule has 5 heteroatoms. The lowest BCUT2D eigenvalue weighted by atomic mass is 9.97. The van der Waals surface area contributed by atoms with Gasteiger partial charge in [-0.05, 0) is 64.3 Å². The topological polar surface area (TPSA) is 24.9 Å². The van der Waals surface area contributed by atoms with E-state index in [2.05, 4.69) is 26.2 Å². The van der Waals surface area contributed by atoms with Crippen LogP contribution in [-0.2, 0) is 0 Å². The third-order valence-corrected chi connectivity index (χ3v) is 3.62. The average molecular weight is 337 g/mol. The summed E-state index contributed by atoms with van der Waals surface area (Å²) < 4.78 is 27.7. The predicted octanol–water partition coefficient (Wildman–Crippen LogP) is 4.48. The minimum Gasteiger partial charge on any atom is -0.369 e. The standard InChI is InChI=1S/C15H11BrF2N2/c16-14-4-2-12-9(5-6-19-15(12)20-14)7-10-8-11(17)1-3-13(10)18/h1-4,7-8H,5-6H2,(H,19,20)/b9-7+. The van der Waals surface area contributed by atoms with Crippen molar-refractivity contribution in [2.45, 2.75) is 6.42 Å². The Kier molecular flexibility index (Phi) is 3.53. The second-order valence-corrected chi connectivity index (χ2v) is 5.35. The van der Waals surface area contributed by atoms with Gasteiger partial charge in [-0.3, -0.25) is 0 Å². The molecule has 0 unspecified atom stereocenters. The summed E-state index contributed by atoms with van der Waals surface area (Å²) in [5.74, 6) is -0.112. The van der Waals surface area contributed by atoms with Crippen molar-refractivity contribution in [3.05, 3.63) is 57.7 Å². The van der Waals surface area contributed by atoms with E-state index in [0.29, 0.717) is 0 Å². The number of nitrogens with one attached hydrogen (secondary N) is 1. The molecule has 1 N–H and O–H groups in total. The zero-order valence-electron chi connectivity index (χ0n) is 10.5. The lowest BCUT2D eigenvalue weighted by Crippen LogP contribution is -2.12. The summed E-state index contributed by atoms with van der Waals surface area (Å²) in [4.78, 5) is 4.34. The van der Waals surface area contributed by atoms with Crippen molar-refractivity contribution >= 4 is 33.4 Å². The van der Waals surface area contributed by atoms with E-state index in [1.54, 1.807) is 6.08 Å². The number of hydrogen-bond acceptors (Lipinski definition) is 2. The van der Waals surface area contributed by atoms with Crippen LogP contribution in [0.3, 0.4) is 0 Å². The highest BCUT2D eigenvalue weighted by Gasteiger charge is 2.15. The molecule has 1 aromatic heterocycles. The number of aromatic nitrogens is 1. The van der Waals surface area contributed by atoms with E-state index in [9.17, 15) is 8.78 Å². The third kappa shape index (κ3) is 2.58. The van der Waals surface area contributed by atoms with Gasteiger partial charge in [0, 0.05) is 17.7 Å². The van der Waals surface area contributed by atoms with Gasteiger partial charge in [-0.2, -0.15) is 0 Å². The molecule has 2 heterocycles. The number of nitrogens with zero attached hydrogens (tertiary/aromatic N) is 1. The predicted molar refractivity (Wildman–Crippen MR) is 79.3 cm³/mol. The Morgan fingerprint density at radius 2 is 2.05 bits per heavy atom. The zero-order chi connectivity index (χ0) is 14.1. The van der Waals surface area contributed by atoms with Crippen molar-refractivity contribution in [2.24, 2.45) is 0 Å². The van der Waals surface area contributed by atoms with Crippen LogP contribution in [0.2, 0.25) is 0 Å². The molecule has 0 aliphatic carbocycles. The van der Waals surface area contributed by atoms with Gasteiger partial charge in [-0.25, -0.2) is 13.8 Å². The summed E-state index contributed by atoms with van der Waals surface area (Å²) >= 11 is 3.32. The van der Waals surface area contributed by atoms with E-state index in [4.69, 9.17) is 0 Å². The monoisotopic (exact) mass is 336 g/mol. The molecule has 0 saturated heterocycles. The number of benzene rings is 1. The summed E-state index contributed by atoms with van der Waals surface area (Å²) in [6.07, 6.45) is 2.43. The maximum atomic E-state index is 13.7. The van der Waals surface area contributed by atoms with Crippen molar-refractivity contribution in [2.75, 3.05) is 11.9 Å². The number of hydrogen-bond donors (Lipinski definition) is 1. The third-order valence-electron chi connectivity index (χ3n) is 3.18. The van der Waals surface area contributed by atoms with Gasteiger partial charge in [0.25, 0.3) is 0 Å². The lowest BCUT2D eigenvalue weighted by Gasteiger charge is -2.20. The Labute approximate surface area is 123 Å². The molecule has 1 aliphatic rings. The number of pyridine rings is 1. The molecule has 0 atom stereocenters. The van der Waals surface area contributed by atoms with Crippen molar-refractivity contribution < 1.29 is 8.78 Å². The smallest absolute Gasteiger partial charge is 0.134 e. The summed E-state index contributed by atoms with van der Waals surface area (Å²) in [5.41, 5.74) is 2.13. The minimum absolute atomic E-state index is 0.260. The molecule has 0 fully saturated rings. The number of anilines is 1. The second-order valence-electron chi connectivity index (χ2n) is 4.54. The quantitative estimate of drug-likeness (QED) is 0.776. The van der Waals surface area contributed by atoms with Crippen LogP contribution in [0.5, 0.6) is 0 Å². The van der Waals surface area contributed by atoms with E-state index in [1.807, 2.05) is 12.1 Å². The molecule has 0 bridgehead atoms. The molecule has 20 heavy (non-hydrogen) atoms. The fraction of sp³-hybridized carbons (Fsp3) is 0.133. The SMILES string of the molecule is Fc1ccc(F)c(/C=C2\CCNc3nc(Br)ccc32)c1. The first-order chi connectivity index (χ1) is 9.63. The van der Waals surface area contributed by atoms with Gasteiger partial charge in [-0.15, -0.1) is 0 Å². The van der Waals surface area contributed by atoms with Crippen LogP contribution >= 0.6 is 15.9 Å². The van der Waals surface area contributed by atoms with Gasteiger partial charge in [0.05, 0.1) is 0 Å². The van der Waals surface area contributed by atoms with Crippen LogP contribution in [0.1, 0.15) is 17.5 Å². The molecule has 2 aromatic rings. The maximum absolute atomic E-state index is 13.7. The highest BCUT2D eigenvalue weighted by molar-refractivity contribution is 9.10. The van der Waals surface area contributed by atoms with Crippen LogP contribution in [0.25, 0.3) is 11.6 Å². The van der Waals surface area contributed by atoms with Crippen molar-refractivity contribution in [3.63, 3.8) is 0 Å². The summed E-state index contributed by atoms with van der Waals surface area (Å²) in [7, 11) is 0. The van der Waals surface area contributed by atoms with Crippen LogP contribution in [0.4, 0.5) is 14.6 Å². The molecule has 0 radical (unpaired) electrons. The van der Waals surface area contributed by atoms with Crippen LogP contribution in [-0.4, -0.2) is 11.5 Å². The summed E-state index contributed by atoms with van der Waals surface area (Å²) in [6.45, 7) is 0.721. The van der Waals surface area contributed by atoms with Gasteiger partial charge >= 0.3 is 0 Å². The Hall–Kier alpha value is -1.75. The van der Waals surface area contributed by atoms with Gasteiger partial charge < -0.3 is 5.32 Å². The molecular formula is C15H11BrF2N2. The Balaban J connectivity index is 2.08. The minimum atomic E-state index is -0.443. The van der Waals surface area contributed by atoms with Crippen molar-refractivity contribution in [1.82, 2.24) is 4.98 Å². The van der Waals surface area contributed by atoms with E-state index >= 15 is 0 Å². The van der Waals surface area contributed by atoms with Gasteiger partial charge in [0.1, 0.15) is 22.1 Å². The molecule has 0 spiro atoms. The van der Waals surface area contributed by atoms with Crippen LogP contribution < -0.4 is 5.32 Å². The van der Waals surface area contributed by atoms with Crippen LogP contribution in [0.15, 0.2) is 34.9 Å². The number of halogens is 3. The maximum Gasteiger partial charge on any atom is 0.134 e. The van der Waals surface area contributed by atoms with E-state index in [0.717, 1.165) is 46.7 Å². The summed E-state index contributed by atoms with van der Waals surface area (Å²) in [5, 5.41) is 3.20. The fourth-order valence-electron chi connectivity index (χ4n) is 2.24. The molecule has 102 valence electrons. The van der Waals surface area contributed by atoms with Gasteiger partial charge in [0.15, 0.2) is 0 Å². The second kappa shape index (κ2) is 5.32. The van der Waals surface area contributed by atoms with Gasteiger partial charge in [-0.1, -0.05) is 0 Å². The van der Waals surface area contributed by atoms with Crippen LogP contribution in [0, 0.1) is 11.6 Å². The fourth-order valence-corrected chi connectivity index (χ4v) is 2.55. The van der Waals surface area contributed by atoms with E-state index in [-0.39, 0.29) is 5.56 Å². The van der Waals surface area contributed by atoms with Gasteiger partial charge in [0.2, 0.25) is 0 Å². The summed E-state index contributed by atoms with van der Waals surface area (Å²) in [6, 6.07) is 7.22. The molecule has 1 aromatic carbocycles. The lowest BCUT2D eigenvalue weighted by molar-refractivity contribution is 0.598. The Morgan fingerprint density at radius 1 is 1.20 bits per heavy atom. The number of fused-ring (bicyclic) bond motifs is 1. The number of rotatable bonds is 1. The molecule has 0 saturated carbocycles. The average Bonchev–Trinajstić information content (AvgIpc) is 2.43. The van der Waals surface area contributed by atoms with E-state index < -0.39 is 11.6 Å². The van der Waals surface area contributed by atoms with E-state index in [1.165, 1.54) is 6.07 Å². The first kappa shape index (κ1) is 13.2. The first-order valence-electron chi connectivity index (χ1n) is 6.20. The highest BCUT2D eigenvalue weighted by atomic mass is 79.9. The molecule has 2 nitrogen and oxygen atoms in total. The van der Waals surface area contributed by atoms with Crippen molar-refractivity contribution in [1.29, 1.82) is 0 Å². The molecular weight excluding hydrogens is 326 g/mol. The zero-order valence-corrected chi connectivity index (χ0v) is 12.0. The Bertz CT molecular complexity index is 698. The Morgan fingerprint density at radius 3 is 2.90 bits per heavy atom.